The Balaban J connectivity index is 2.92. The number of hydrogen-bond donors (Lipinski definition) is 2. The van der Waals surface area contributed by atoms with Gasteiger partial charge in [-0.05, 0) is 38.1 Å². The van der Waals surface area contributed by atoms with Crippen LogP contribution < -0.4 is 10.6 Å². The Morgan fingerprint density at radius 3 is 2.54 bits per heavy atom. The molecule has 1 aromatic carbocycles. The monoisotopic (exact) mass is 198 g/mol. The van der Waals surface area contributed by atoms with Crippen LogP contribution in [0.3, 0.4) is 0 Å². The molecule has 2 nitrogen and oxygen atoms in total. The van der Waals surface area contributed by atoms with Crippen LogP contribution in [0, 0.1) is 13.8 Å². The van der Waals surface area contributed by atoms with Gasteiger partial charge < -0.3 is 10.6 Å². The van der Waals surface area contributed by atoms with E-state index in [1.807, 2.05) is 20.0 Å². The number of rotatable bonds is 3. The van der Waals surface area contributed by atoms with Crippen LogP contribution in [0.1, 0.15) is 11.1 Å². The van der Waals surface area contributed by atoms with Gasteiger partial charge in [-0.3, -0.25) is 0 Å². The van der Waals surface area contributed by atoms with Crippen molar-refractivity contribution in [1.29, 1.82) is 0 Å². The Labute approximate surface area is 84.3 Å². The second-order valence-corrected chi connectivity index (χ2v) is 3.55. The molecule has 0 aromatic heterocycles. The molecule has 2 N–H and O–H groups in total. The summed E-state index contributed by atoms with van der Waals surface area (Å²) >= 11 is 6.08. The van der Waals surface area contributed by atoms with E-state index in [0.717, 1.165) is 17.4 Å². The molecule has 1 rings (SSSR count). The first-order valence-electron chi connectivity index (χ1n) is 4.30. The maximum Gasteiger partial charge on any atom is 0.0651 e. The molecule has 0 bridgehead atoms. The Kier molecular flexibility index (Phi) is 3.58. The molecule has 0 spiro atoms. The minimum atomic E-state index is 0.726. The lowest BCUT2D eigenvalue weighted by molar-refractivity contribution is 0.873. The molecule has 13 heavy (non-hydrogen) atoms. The highest BCUT2D eigenvalue weighted by atomic mass is 35.5. The minimum absolute atomic E-state index is 0.726. The SMILES string of the molecule is CNCNc1c(C)cc(C)cc1Cl. The first-order chi connectivity index (χ1) is 6.15. The maximum atomic E-state index is 6.08. The first kappa shape index (κ1) is 10.4. The van der Waals surface area contributed by atoms with Crippen molar-refractivity contribution < 1.29 is 0 Å². The molecular formula is C10H15ClN2. The van der Waals surface area contributed by atoms with Crippen molar-refractivity contribution >= 4 is 17.3 Å². The average Bonchev–Trinajstić information content (AvgIpc) is 2.02. The zero-order valence-electron chi connectivity index (χ0n) is 8.24. The van der Waals surface area contributed by atoms with Gasteiger partial charge in [0.15, 0.2) is 0 Å². The lowest BCUT2D eigenvalue weighted by Crippen LogP contribution is -2.17. The van der Waals surface area contributed by atoms with Gasteiger partial charge in [-0.1, -0.05) is 17.7 Å². The molecule has 0 saturated heterocycles. The van der Waals surface area contributed by atoms with Crippen LogP contribution in [0.15, 0.2) is 12.1 Å². The summed E-state index contributed by atoms with van der Waals surface area (Å²) < 4.78 is 0. The second kappa shape index (κ2) is 4.49. The Bertz CT molecular complexity index is 274. The molecule has 0 unspecified atom stereocenters. The van der Waals surface area contributed by atoms with Gasteiger partial charge in [-0.25, -0.2) is 0 Å². The van der Waals surface area contributed by atoms with E-state index in [-0.39, 0.29) is 0 Å². The molecule has 0 aliphatic heterocycles. The Hall–Kier alpha value is -0.730. The van der Waals surface area contributed by atoms with Crippen LogP contribution in [0.5, 0.6) is 0 Å². The summed E-state index contributed by atoms with van der Waals surface area (Å²) in [4.78, 5) is 0. The van der Waals surface area contributed by atoms with Crippen molar-refractivity contribution in [2.45, 2.75) is 13.8 Å². The van der Waals surface area contributed by atoms with Gasteiger partial charge in [0.2, 0.25) is 0 Å². The van der Waals surface area contributed by atoms with E-state index in [4.69, 9.17) is 11.6 Å². The van der Waals surface area contributed by atoms with Gasteiger partial charge in [0.05, 0.1) is 17.4 Å². The number of nitrogens with one attached hydrogen (secondary N) is 2. The van der Waals surface area contributed by atoms with Gasteiger partial charge in [0.1, 0.15) is 0 Å². The second-order valence-electron chi connectivity index (χ2n) is 3.15. The topological polar surface area (TPSA) is 24.1 Å². The van der Waals surface area contributed by atoms with E-state index in [2.05, 4.69) is 23.6 Å². The van der Waals surface area contributed by atoms with Gasteiger partial charge in [-0.15, -0.1) is 0 Å². The van der Waals surface area contributed by atoms with Gasteiger partial charge in [-0.2, -0.15) is 0 Å². The molecule has 0 saturated carbocycles. The first-order valence-corrected chi connectivity index (χ1v) is 4.68. The zero-order chi connectivity index (χ0) is 9.84. The third-order valence-electron chi connectivity index (χ3n) is 1.87. The van der Waals surface area contributed by atoms with Crippen LogP contribution >= 0.6 is 11.6 Å². The zero-order valence-corrected chi connectivity index (χ0v) is 9.00. The van der Waals surface area contributed by atoms with Crippen LogP contribution in [0.2, 0.25) is 5.02 Å². The van der Waals surface area contributed by atoms with Crippen molar-refractivity contribution in [3.05, 3.63) is 28.3 Å². The molecular weight excluding hydrogens is 184 g/mol. The highest BCUT2D eigenvalue weighted by Gasteiger charge is 2.03. The molecule has 3 heteroatoms. The number of anilines is 1. The molecule has 0 heterocycles. The van der Waals surface area contributed by atoms with E-state index in [1.54, 1.807) is 0 Å². The molecule has 0 radical (unpaired) electrons. The van der Waals surface area contributed by atoms with Crippen molar-refractivity contribution in [2.75, 3.05) is 19.0 Å². The lowest BCUT2D eigenvalue weighted by atomic mass is 10.1. The number of halogens is 1. The summed E-state index contributed by atoms with van der Waals surface area (Å²) in [5.74, 6) is 0. The van der Waals surface area contributed by atoms with Crippen LogP contribution in [0.25, 0.3) is 0 Å². The van der Waals surface area contributed by atoms with Gasteiger partial charge in [0, 0.05) is 0 Å². The summed E-state index contributed by atoms with van der Waals surface area (Å²) in [6.45, 7) is 4.82. The maximum absolute atomic E-state index is 6.08. The normalized spacial score (nSPS) is 10.2. The predicted octanol–water partition coefficient (Wildman–Crippen LogP) is 2.55. The fraction of sp³-hybridized carbons (Fsp3) is 0.400. The summed E-state index contributed by atoms with van der Waals surface area (Å²) in [7, 11) is 1.89. The summed E-state index contributed by atoms with van der Waals surface area (Å²) in [5, 5.41) is 7.02. The van der Waals surface area contributed by atoms with Gasteiger partial charge in [0.25, 0.3) is 0 Å². The molecule has 0 aliphatic carbocycles. The third kappa shape index (κ3) is 2.61. The Morgan fingerprint density at radius 2 is 2.00 bits per heavy atom. The molecule has 72 valence electrons. The van der Waals surface area contributed by atoms with Crippen molar-refractivity contribution in [1.82, 2.24) is 5.32 Å². The fourth-order valence-electron chi connectivity index (χ4n) is 1.32. The van der Waals surface area contributed by atoms with E-state index in [1.165, 1.54) is 11.1 Å². The van der Waals surface area contributed by atoms with E-state index >= 15 is 0 Å². The summed E-state index contributed by atoms with van der Waals surface area (Å²) in [5.41, 5.74) is 3.39. The molecule has 0 atom stereocenters. The molecule has 0 aliphatic rings. The molecule has 0 amide bonds. The van der Waals surface area contributed by atoms with Crippen molar-refractivity contribution in [2.24, 2.45) is 0 Å². The molecule has 1 aromatic rings. The fourth-order valence-corrected chi connectivity index (χ4v) is 1.70. The average molecular weight is 199 g/mol. The van der Waals surface area contributed by atoms with E-state index in [0.29, 0.717) is 0 Å². The van der Waals surface area contributed by atoms with Gasteiger partial charge >= 0.3 is 0 Å². The minimum Gasteiger partial charge on any atom is -0.371 e. The van der Waals surface area contributed by atoms with Crippen molar-refractivity contribution in [3.63, 3.8) is 0 Å². The van der Waals surface area contributed by atoms with E-state index < -0.39 is 0 Å². The standard InChI is InChI=1S/C10H15ClN2/c1-7-4-8(2)10(9(11)5-7)13-6-12-3/h4-5,12-13H,6H2,1-3H3. The van der Waals surface area contributed by atoms with Crippen LogP contribution in [0.4, 0.5) is 5.69 Å². The largest absolute Gasteiger partial charge is 0.371 e. The smallest absolute Gasteiger partial charge is 0.0651 e. The lowest BCUT2D eigenvalue weighted by Gasteiger charge is -2.11. The van der Waals surface area contributed by atoms with Crippen molar-refractivity contribution in [3.8, 4) is 0 Å². The predicted molar refractivity (Wildman–Crippen MR) is 58.5 cm³/mol. The number of hydrogen-bond acceptors (Lipinski definition) is 2. The van der Waals surface area contributed by atoms with Crippen LogP contribution in [-0.4, -0.2) is 13.7 Å². The number of benzene rings is 1. The summed E-state index contributed by atoms with van der Waals surface area (Å²) in [6, 6.07) is 4.08. The quantitative estimate of drug-likeness (QED) is 0.730. The number of aryl methyl sites for hydroxylation is 2. The molecule has 0 fully saturated rings. The Morgan fingerprint density at radius 1 is 1.31 bits per heavy atom. The summed E-state index contributed by atoms with van der Waals surface area (Å²) in [6.07, 6.45) is 0. The van der Waals surface area contributed by atoms with Crippen LogP contribution in [-0.2, 0) is 0 Å². The third-order valence-corrected chi connectivity index (χ3v) is 2.17. The van der Waals surface area contributed by atoms with E-state index in [9.17, 15) is 0 Å². The highest BCUT2D eigenvalue weighted by molar-refractivity contribution is 6.33. The highest BCUT2D eigenvalue weighted by Crippen LogP contribution is 2.26.